The van der Waals surface area contributed by atoms with Crippen LogP contribution < -0.4 is 0 Å². The molecule has 3 rings (SSSR count). The summed E-state index contributed by atoms with van der Waals surface area (Å²) in [6, 6.07) is 0. The van der Waals surface area contributed by atoms with Gasteiger partial charge in [0.1, 0.15) is 0 Å². The first-order valence-electron chi connectivity index (χ1n) is 6.75. The van der Waals surface area contributed by atoms with E-state index in [4.69, 9.17) is 0 Å². The minimum atomic E-state index is -0.942. The van der Waals surface area contributed by atoms with Crippen LogP contribution in [-0.2, 0) is 4.79 Å². The van der Waals surface area contributed by atoms with Crippen LogP contribution in [0.25, 0.3) is 0 Å². The molecule has 3 aliphatic carbocycles. The quantitative estimate of drug-likeness (QED) is 0.776. The van der Waals surface area contributed by atoms with Crippen molar-refractivity contribution in [3.05, 3.63) is 0 Å². The van der Waals surface area contributed by atoms with Crippen LogP contribution in [0.5, 0.6) is 0 Å². The summed E-state index contributed by atoms with van der Waals surface area (Å²) < 4.78 is 0. The van der Waals surface area contributed by atoms with E-state index in [1.165, 1.54) is 6.42 Å². The molecule has 2 N–H and O–H groups in total. The fourth-order valence-corrected chi connectivity index (χ4v) is 5.21. The van der Waals surface area contributed by atoms with E-state index < -0.39 is 17.0 Å². The number of hydrogen-bond acceptors (Lipinski definition) is 2. The van der Waals surface area contributed by atoms with Crippen LogP contribution in [0.15, 0.2) is 0 Å². The predicted octanol–water partition coefficient (Wildman–Crippen LogP) is 2.43. The highest BCUT2D eigenvalue weighted by molar-refractivity contribution is 5.78. The molecule has 3 saturated carbocycles. The Morgan fingerprint density at radius 2 is 1.88 bits per heavy atom. The third-order valence-corrected chi connectivity index (χ3v) is 5.60. The Labute approximate surface area is 102 Å². The van der Waals surface area contributed by atoms with Crippen molar-refractivity contribution in [1.82, 2.24) is 0 Å². The molecular weight excluding hydrogens is 216 g/mol. The largest absolute Gasteiger partial charge is 0.481 e. The Hall–Kier alpha value is -0.570. The molecule has 3 heteroatoms. The number of hydrogen-bond donors (Lipinski definition) is 2. The highest BCUT2D eigenvalue weighted by Gasteiger charge is 2.70. The highest BCUT2D eigenvalue weighted by Crippen LogP contribution is 2.67. The zero-order valence-corrected chi connectivity index (χ0v) is 10.7. The lowest BCUT2D eigenvalue weighted by Gasteiger charge is -2.59. The van der Waals surface area contributed by atoms with Crippen molar-refractivity contribution in [1.29, 1.82) is 0 Å². The molecule has 3 nitrogen and oxygen atoms in total. The number of aliphatic hydroxyl groups is 1. The Bertz CT molecular complexity index is 366. The van der Waals surface area contributed by atoms with E-state index in [9.17, 15) is 15.0 Å². The molecule has 0 aromatic carbocycles. The number of carboxylic acid groups (broad SMARTS) is 1. The van der Waals surface area contributed by atoms with Gasteiger partial charge in [-0.25, -0.2) is 0 Å². The van der Waals surface area contributed by atoms with Gasteiger partial charge in [-0.15, -0.1) is 0 Å². The van der Waals surface area contributed by atoms with Gasteiger partial charge in [-0.05, 0) is 49.4 Å². The summed E-state index contributed by atoms with van der Waals surface area (Å²) in [5, 5.41) is 20.5. The van der Waals surface area contributed by atoms with Gasteiger partial charge < -0.3 is 10.2 Å². The first-order chi connectivity index (χ1) is 7.79. The van der Waals surface area contributed by atoms with Crippen LogP contribution in [0.4, 0.5) is 0 Å². The second-order valence-corrected chi connectivity index (χ2v) is 7.41. The summed E-state index contributed by atoms with van der Waals surface area (Å²) in [6.45, 7) is 4.23. The molecular formula is C14H22O3. The third kappa shape index (κ3) is 1.29. The Kier molecular flexibility index (Phi) is 2.07. The van der Waals surface area contributed by atoms with Crippen molar-refractivity contribution < 1.29 is 15.0 Å². The van der Waals surface area contributed by atoms with Gasteiger partial charge in [0.15, 0.2) is 0 Å². The van der Waals surface area contributed by atoms with Gasteiger partial charge in [-0.3, -0.25) is 4.79 Å². The summed E-state index contributed by atoms with van der Waals surface area (Å²) in [4.78, 5) is 11.8. The number of aliphatic carboxylic acids is 1. The van der Waals surface area contributed by atoms with Crippen LogP contribution in [0, 0.1) is 22.7 Å². The molecule has 96 valence electrons. The van der Waals surface area contributed by atoms with E-state index in [1.807, 2.05) is 0 Å². The topological polar surface area (TPSA) is 57.5 Å². The highest BCUT2D eigenvalue weighted by atomic mass is 16.4. The molecule has 17 heavy (non-hydrogen) atoms. The molecule has 3 unspecified atom stereocenters. The number of carbonyl (C=O) groups is 1. The summed E-state index contributed by atoms with van der Waals surface area (Å²) in [7, 11) is 0. The molecule has 0 saturated heterocycles. The normalized spacial score (nSPS) is 45.6. The van der Waals surface area contributed by atoms with Gasteiger partial charge in [-0.1, -0.05) is 20.3 Å². The molecule has 0 amide bonds. The summed E-state index contributed by atoms with van der Waals surface area (Å²) >= 11 is 0. The van der Waals surface area contributed by atoms with Crippen molar-refractivity contribution in [2.45, 2.75) is 58.0 Å². The van der Waals surface area contributed by atoms with Crippen LogP contribution in [0.3, 0.4) is 0 Å². The van der Waals surface area contributed by atoms with Gasteiger partial charge in [0, 0.05) is 0 Å². The van der Waals surface area contributed by atoms with Gasteiger partial charge in [0.2, 0.25) is 0 Å². The van der Waals surface area contributed by atoms with Crippen molar-refractivity contribution in [2.24, 2.45) is 22.7 Å². The number of rotatable bonds is 2. The third-order valence-electron chi connectivity index (χ3n) is 5.60. The van der Waals surface area contributed by atoms with Crippen LogP contribution in [0.1, 0.15) is 52.4 Å². The van der Waals surface area contributed by atoms with Crippen LogP contribution in [-0.4, -0.2) is 21.8 Å². The van der Waals surface area contributed by atoms with Crippen LogP contribution in [0.2, 0.25) is 0 Å². The smallest absolute Gasteiger partial charge is 0.312 e. The van der Waals surface area contributed by atoms with Gasteiger partial charge in [0.05, 0.1) is 11.0 Å². The van der Waals surface area contributed by atoms with E-state index in [0.29, 0.717) is 25.2 Å². The molecule has 0 radical (unpaired) electrons. The average molecular weight is 238 g/mol. The Morgan fingerprint density at radius 1 is 1.24 bits per heavy atom. The number of fused-ring (bicyclic) bond motifs is 2. The van der Waals surface area contributed by atoms with Gasteiger partial charge in [-0.2, -0.15) is 0 Å². The molecule has 3 aliphatic rings. The van der Waals surface area contributed by atoms with Crippen LogP contribution >= 0.6 is 0 Å². The van der Waals surface area contributed by atoms with Crippen molar-refractivity contribution in [2.75, 3.05) is 0 Å². The van der Waals surface area contributed by atoms with Crippen molar-refractivity contribution in [3.63, 3.8) is 0 Å². The van der Waals surface area contributed by atoms with Gasteiger partial charge >= 0.3 is 5.97 Å². The monoisotopic (exact) mass is 238 g/mol. The maximum absolute atomic E-state index is 11.8. The predicted molar refractivity (Wildman–Crippen MR) is 63.5 cm³/mol. The Balaban J connectivity index is 1.95. The minimum absolute atomic E-state index is 0.110. The molecule has 0 spiro atoms. The lowest BCUT2D eigenvalue weighted by atomic mass is 9.48. The van der Waals surface area contributed by atoms with Gasteiger partial charge in [0.25, 0.3) is 0 Å². The molecule has 0 aromatic heterocycles. The fourth-order valence-electron chi connectivity index (χ4n) is 5.21. The minimum Gasteiger partial charge on any atom is -0.481 e. The standard InChI is InChI=1S/C14H22O3/c1-12(2)7-13(17,8-12)14(11(15)16)6-9-3-4-10(14)5-9/h9-10,17H,3-8H2,1-2H3,(H,15,16). The molecule has 3 atom stereocenters. The first kappa shape index (κ1) is 11.5. The summed E-state index contributed by atoms with van der Waals surface area (Å²) in [5.41, 5.74) is -1.66. The zero-order chi connectivity index (χ0) is 12.5. The lowest BCUT2D eigenvalue weighted by Crippen LogP contribution is -2.64. The van der Waals surface area contributed by atoms with E-state index in [-0.39, 0.29) is 11.3 Å². The van der Waals surface area contributed by atoms with E-state index in [0.717, 1.165) is 12.8 Å². The SMILES string of the molecule is CC1(C)CC(O)(C2(C(=O)O)CC3CCC2C3)C1. The molecule has 0 heterocycles. The average Bonchev–Trinajstić information content (AvgIpc) is 2.72. The molecule has 3 fully saturated rings. The Morgan fingerprint density at radius 3 is 2.24 bits per heavy atom. The fraction of sp³-hybridized carbons (Fsp3) is 0.929. The van der Waals surface area contributed by atoms with E-state index in [1.54, 1.807) is 0 Å². The summed E-state index contributed by atoms with van der Waals surface area (Å²) in [6.07, 6.45) is 5.19. The zero-order valence-electron chi connectivity index (χ0n) is 10.7. The maximum Gasteiger partial charge on any atom is 0.312 e. The maximum atomic E-state index is 11.8. The molecule has 0 aromatic rings. The number of carboxylic acids is 1. The summed E-state index contributed by atoms with van der Waals surface area (Å²) in [5.74, 6) is 0.0117. The van der Waals surface area contributed by atoms with Crippen molar-refractivity contribution >= 4 is 5.97 Å². The van der Waals surface area contributed by atoms with Crippen molar-refractivity contribution in [3.8, 4) is 0 Å². The molecule has 0 aliphatic heterocycles. The second kappa shape index (κ2) is 3.05. The second-order valence-electron chi connectivity index (χ2n) is 7.41. The first-order valence-corrected chi connectivity index (χ1v) is 6.75. The van der Waals surface area contributed by atoms with E-state index in [2.05, 4.69) is 13.8 Å². The lowest BCUT2D eigenvalue weighted by molar-refractivity contribution is -0.223. The molecule has 2 bridgehead atoms. The van der Waals surface area contributed by atoms with E-state index >= 15 is 0 Å².